The van der Waals surface area contributed by atoms with Gasteiger partial charge in [-0.1, -0.05) is 24.3 Å². The van der Waals surface area contributed by atoms with Crippen molar-refractivity contribution in [1.82, 2.24) is 10.3 Å². The Balaban J connectivity index is 1.48. The second kappa shape index (κ2) is 6.00. The molecule has 2 N–H and O–H groups in total. The maximum Gasteiger partial charge on any atom is 0.110 e. The number of thiazole rings is 1. The molecule has 0 fully saturated rings. The van der Waals surface area contributed by atoms with Gasteiger partial charge in [0.15, 0.2) is 0 Å². The van der Waals surface area contributed by atoms with Gasteiger partial charge in [-0.15, -0.1) is 11.3 Å². The van der Waals surface area contributed by atoms with E-state index < -0.39 is 5.60 Å². The second-order valence-corrected chi connectivity index (χ2v) is 8.04. The van der Waals surface area contributed by atoms with E-state index in [-0.39, 0.29) is 6.04 Å². The zero-order valence-electron chi connectivity index (χ0n) is 13.6. The van der Waals surface area contributed by atoms with Crippen LogP contribution in [0.5, 0.6) is 0 Å². The highest BCUT2D eigenvalue weighted by molar-refractivity contribution is 7.11. The first kappa shape index (κ1) is 15.3. The highest BCUT2D eigenvalue weighted by Gasteiger charge is 2.34. The van der Waals surface area contributed by atoms with Crippen molar-refractivity contribution in [1.29, 1.82) is 0 Å². The molecule has 0 aliphatic heterocycles. The van der Waals surface area contributed by atoms with E-state index >= 15 is 0 Å². The van der Waals surface area contributed by atoms with Gasteiger partial charge < -0.3 is 10.4 Å². The monoisotopic (exact) mass is 328 g/mol. The molecule has 0 saturated carbocycles. The van der Waals surface area contributed by atoms with E-state index in [1.165, 1.54) is 34.0 Å². The van der Waals surface area contributed by atoms with Gasteiger partial charge in [0.2, 0.25) is 0 Å². The first-order chi connectivity index (χ1) is 11.2. The van der Waals surface area contributed by atoms with E-state index in [9.17, 15) is 5.11 Å². The molecule has 4 rings (SSSR count). The van der Waals surface area contributed by atoms with Gasteiger partial charge in [-0.2, -0.15) is 0 Å². The summed E-state index contributed by atoms with van der Waals surface area (Å²) >= 11 is 1.85. The van der Waals surface area contributed by atoms with Crippen molar-refractivity contribution in [3.63, 3.8) is 0 Å². The lowest BCUT2D eigenvalue weighted by Gasteiger charge is -2.35. The molecule has 3 nitrogen and oxygen atoms in total. The van der Waals surface area contributed by atoms with Crippen LogP contribution in [-0.2, 0) is 24.9 Å². The molecule has 0 amide bonds. The average molecular weight is 328 g/mol. The molecule has 0 bridgehead atoms. The number of nitrogens with zero attached hydrogens (tertiary/aromatic N) is 1. The number of hydrogen-bond acceptors (Lipinski definition) is 4. The number of benzene rings is 1. The standard InChI is InChI=1S/C19H24N2OS/c1-13(18-21-16-9-4-10-17(16)23-18)20-12-19(22)11-5-7-14-6-2-3-8-15(14)19/h2-3,6,8,13,20,22H,4-5,7,9-12H2,1H3. The van der Waals surface area contributed by atoms with E-state index in [2.05, 4.69) is 30.4 Å². The summed E-state index contributed by atoms with van der Waals surface area (Å²) in [7, 11) is 0. The van der Waals surface area contributed by atoms with Gasteiger partial charge in [0.05, 0.1) is 11.7 Å². The maximum atomic E-state index is 11.2. The Kier molecular flexibility index (Phi) is 4.00. The highest BCUT2D eigenvalue weighted by Crippen LogP contribution is 2.36. The number of rotatable bonds is 4. The van der Waals surface area contributed by atoms with Crippen LogP contribution in [0.2, 0.25) is 0 Å². The molecule has 2 aliphatic carbocycles. The lowest BCUT2D eigenvalue weighted by atomic mass is 9.79. The minimum absolute atomic E-state index is 0.198. The lowest BCUT2D eigenvalue weighted by molar-refractivity contribution is 0.0170. The largest absolute Gasteiger partial charge is 0.384 e. The number of aliphatic hydroxyl groups is 1. The van der Waals surface area contributed by atoms with Crippen molar-refractivity contribution in [2.24, 2.45) is 0 Å². The van der Waals surface area contributed by atoms with Crippen LogP contribution in [0.15, 0.2) is 24.3 Å². The Labute approximate surface area is 141 Å². The predicted molar refractivity (Wildman–Crippen MR) is 93.8 cm³/mol. The molecule has 1 aromatic carbocycles. The molecular formula is C19H24N2OS. The molecule has 2 aliphatic rings. The molecule has 1 heterocycles. The van der Waals surface area contributed by atoms with E-state index in [0.717, 1.165) is 31.2 Å². The van der Waals surface area contributed by atoms with Gasteiger partial charge in [-0.05, 0) is 56.6 Å². The fourth-order valence-electron chi connectivity index (χ4n) is 3.89. The van der Waals surface area contributed by atoms with E-state index in [4.69, 9.17) is 4.98 Å². The van der Waals surface area contributed by atoms with E-state index in [1.54, 1.807) is 0 Å². The van der Waals surface area contributed by atoms with Crippen LogP contribution in [-0.4, -0.2) is 16.6 Å². The topological polar surface area (TPSA) is 45.1 Å². The Morgan fingerprint density at radius 2 is 2.13 bits per heavy atom. The first-order valence-electron chi connectivity index (χ1n) is 8.68. The summed E-state index contributed by atoms with van der Waals surface area (Å²) in [5.41, 5.74) is 2.96. The third-order valence-electron chi connectivity index (χ3n) is 5.24. The molecule has 2 unspecified atom stereocenters. The molecule has 122 valence electrons. The Morgan fingerprint density at radius 3 is 3.00 bits per heavy atom. The Bertz CT molecular complexity index is 690. The maximum absolute atomic E-state index is 11.2. The summed E-state index contributed by atoms with van der Waals surface area (Å²) in [6.07, 6.45) is 6.54. The fourth-order valence-corrected chi connectivity index (χ4v) is 5.07. The second-order valence-electron chi connectivity index (χ2n) is 6.92. The molecule has 0 radical (unpaired) electrons. The summed E-state index contributed by atoms with van der Waals surface area (Å²) in [6, 6.07) is 8.53. The average Bonchev–Trinajstić information content (AvgIpc) is 3.15. The molecule has 4 heteroatoms. The van der Waals surface area contributed by atoms with Crippen LogP contribution < -0.4 is 5.32 Å². The van der Waals surface area contributed by atoms with Gasteiger partial charge in [0.1, 0.15) is 10.6 Å². The van der Waals surface area contributed by atoms with Gasteiger partial charge in [0, 0.05) is 11.4 Å². The van der Waals surface area contributed by atoms with Crippen molar-refractivity contribution in [2.75, 3.05) is 6.54 Å². The summed E-state index contributed by atoms with van der Waals surface area (Å²) in [4.78, 5) is 6.26. The minimum atomic E-state index is -0.747. The smallest absolute Gasteiger partial charge is 0.110 e. The number of aryl methyl sites for hydroxylation is 3. The molecule has 2 atom stereocenters. The summed E-state index contributed by atoms with van der Waals surface area (Å²) < 4.78 is 0. The first-order valence-corrected chi connectivity index (χ1v) is 9.50. The number of hydrogen-bond donors (Lipinski definition) is 2. The zero-order valence-corrected chi connectivity index (χ0v) is 14.5. The number of nitrogens with one attached hydrogen (secondary N) is 1. The van der Waals surface area contributed by atoms with Gasteiger partial charge in [0.25, 0.3) is 0 Å². The van der Waals surface area contributed by atoms with Crippen LogP contribution in [0.1, 0.15) is 58.9 Å². The van der Waals surface area contributed by atoms with Gasteiger partial charge in [-0.3, -0.25) is 0 Å². The highest BCUT2D eigenvalue weighted by atomic mass is 32.1. The lowest BCUT2D eigenvalue weighted by Crippen LogP contribution is -2.41. The Morgan fingerprint density at radius 1 is 1.26 bits per heavy atom. The van der Waals surface area contributed by atoms with Crippen LogP contribution in [0, 0.1) is 0 Å². The molecule has 0 saturated heterocycles. The van der Waals surface area contributed by atoms with Crippen molar-refractivity contribution in [3.8, 4) is 0 Å². The van der Waals surface area contributed by atoms with Crippen molar-refractivity contribution in [2.45, 2.75) is 57.1 Å². The minimum Gasteiger partial charge on any atom is -0.384 e. The normalized spacial score (nSPS) is 24.3. The fraction of sp³-hybridized carbons (Fsp3) is 0.526. The third-order valence-corrected chi connectivity index (χ3v) is 6.58. The zero-order chi connectivity index (χ0) is 15.9. The summed E-state index contributed by atoms with van der Waals surface area (Å²) in [5, 5.41) is 15.9. The van der Waals surface area contributed by atoms with Crippen LogP contribution >= 0.6 is 11.3 Å². The van der Waals surface area contributed by atoms with Crippen molar-refractivity contribution in [3.05, 3.63) is 51.0 Å². The summed E-state index contributed by atoms with van der Waals surface area (Å²) in [5.74, 6) is 0. The molecule has 0 spiro atoms. The third kappa shape index (κ3) is 2.84. The van der Waals surface area contributed by atoms with E-state index in [0.29, 0.717) is 6.54 Å². The van der Waals surface area contributed by atoms with Gasteiger partial charge >= 0.3 is 0 Å². The molecule has 2 aromatic rings. The predicted octanol–water partition coefficient (Wildman–Crippen LogP) is 3.51. The van der Waals surface area contributed by atoms with Crippen LogP contribution in [0.4, 0.5) is 0 Å². The molecule has 1 aromatic heterocycles. The quantitative estimate of drug-likeness (QED) is 0.903. The van der Waals surface area contributed by atoms with Crippen molar-refractivity contribution >= 4 is 11.3 Å². The molecular weight excluding hydrogens is 304 g/mol. The summed E-state index contributed by atoms with van der Waals surface area (Å²) in [6.45, 7) is 2.75. The SMILES string of the molecule is CC(NCC1(O)CCCc2ccccc21)c1nc2c(s1)CCC2. The number of aromatic nitrogens is 1. The number of fused-ring (bicyclic) bond motifs is 2. The van der Waals surface area contributed by atoms with Crippen LogP contribution in [0.25, 0.3) is 0 Å². The van der Waals surface area contributed by atoms with Crippen molar-refractivity contribution < 1.29 is 5.11 Å². The molecule has 23 heavy (non-hydrogen) atoms. The van der Waals surface area contributed by atoms with E-state index in [1.807, 2.05) is 17.4 Å². The van der Waals surface area contributed by atoms with Crippen LogP contribution in [0.3, 0.4) is 0 Å². The Hall–Kier alpha value is -1.23. The van der Waals surface area contributed by atoms with Gasteiger partial charge in [-0.25, -0.2) is 4.98 Å².